The monoisotopic (exact) mass is 330 g/mol. The Balaban J connectivity index is 2.60. The number of nitrogens with zero attached hydrogens (tertiary/aromatic N) is 2. The lowest BCUT2D eigenvalue weighted by atomic mass is 9.91. The summed E-state index contributed by atoms with van der Waals surface area (Å²) in [5, 5.41) is 13.2. The fraction of sp³-hybridized carbons (Fsp3) is 0.250. The Morgan fingerprint density at radius 3 is 2.46 bits per heavy atom. The molecule has 126 valence electrons. The Kier molecular flexibility index (Phi) is 4.41. The molecule has 0 unspecified atom stereocenters. The first-order valence-electron chi connectivity index (χ1n) is 7.15. The van der Waals surface area contributed by atoms with Crippen molar-refractivity contribution >= 4 is 35.4 Å². The normalized spacial score (nSPS) is 15.1. The topological polar surface area (TPSA) is 125 Å². The number of hydrogen-bond acceptors (Lipinski definition) is 4. The molecule has 1 aliphatic rings. The fourth-order valence-corrected chi connectivity index (χ4v) is 2.46. The molecule has 0 atom stereocenters. The van der Waals surface area contributed by atoms with Crippen molar-refractivity contribution in [3.63, 3.8) is 0 Å². The van der Waals surface area contributed by atoms with Gasteiger partial charge in [-0.2, -0.15) is 5.10 Å². The third-order valence-electron chi connectivity index (χ3n) is 3.34. The number of ketones is 1. The van der Waals surface area contributed by atoms with E-state index in [2.05, 4.69) is 5.10 Å². The van der Waals surface area contributed by atoms with Crippen LogP contribution in [0.25, 0.3) is 6.08 Å². The summed E-state index contributed by atoms with van der Waals surface area (Å²) in [6.45, 7) is 5.19. The molecule has 8 heteroatoms. The van der Waals surface area contributed by atoms with Crippen LogP contribution in [0.4, 0.5) is 15.3 Å². The molecule has 0 fully saturated rings. The summed E-state index contributed by atoms with van der Waals surface area (Å²) in [5.41, 5.74) is 7.20. The molecule has 2 rings (SSSR count). The number of hydrazone groups is 1. The number of benzene rings is 1. The van der Waals surface area contributed by atoms with Crippen LogP contribution in [0.3, 0.4) is 0 Å². The standard InChI is InChI=1S/C16H18N4O4/c1-16(2,3)20(15(23)24)11-6-4-5-9-7-8-10(13(21)12(9)11)18-19-14(17)22/h4-8H,1-3H3,(H,23,24)(H3,17,19,22). The molecule has 0 aliphatic heterocycles. The summed E-state index contributed by atoms with van der Waals surface area (Å²) < 4.78 is 0. The number of nitrogens with two attached hydrogens (primary N) is 1. The Morgan fingerprint density at radius 1 is 1.25 bits per heavy atom. The highest BCUT2D eigenvalue weighted by Crippen LogP contribution is 2.32. The van der Waals surface area contributed by atoms with E-state index in [1.165, 1.54) is 6.08 Å². The lowest BCUT2D eigenvalue weighted by Gasteiger charge is -2.35. The number of allylic oxidation sites excluding steroid dienone is 1. The van der Waals surface area contributed by atoms with Crippen molar-refractivity contribution < 1.29 is 19.5 Å². The first-order chi connectivity index (χ1) is 11.1. The first-order valence-corrected chi connectivity index (χ1v) is 7.15. The second-order valence-corrected chi connectivity index (χ2v) is 6.17. The Bertz CT molecular complexity index is 775. The molecule has 8 nitrogen and oxygen atoms in total. The van der Waals surface area contributed by atoms with Gasteiger partial charge in [-0.25, -0.2) is 15.0 Å². The molecule has 0 saturated heterocycles. The van der Waals surface area contributed by atoms with E-state index in [0.717, 1.165) is 4.90 Å². The molecular weight excluding hydrogens is 312 g/mol. The van der Waals surface area contributed by atoms with Crippen LogP contribution in [-0.4, -0.2) is 34.3 Å². The summed E-state index contributed by atoms with van der Waals surface area (Å²) in [6.07, 6.45) is 1.89. The van der Waals surface area contributed by atoms with E-state index in [-0.39, 0.29) is 17.0 Å². The average molecular weight is 330 g/mol. The van der Waals surface area contributed by atoms with E-state index in [1.54, 1.807) is 45.0 Å². The van der Waals surface area contributed by atoms with Crippen molar-refractivity contribution in [1.82, 2.24) is 5.43 Å². The molecule has 0 radical (unpaired) electrons. The Hall–Kier alpha value is -3.16. The van der Waals surface area contributed by atoms with Gasteiger partial charge < -0.3 is 10.8 Å². The SMILES string of the molecule is CC(C)(C)N(C(=O)O)c1cccc2c1C(=O)C(=NNC(N)=O)C=C2. The van der Waals surface area contributed by atoms with Gasteiger partial charge in [0.2, 0.25) is 5.78 Å². The Morgan fingerprint density at radius 2 is 1.92 bits per heavy atom. The predicted octanol–water partition coefficient (Wildman–Crippen LogP) is 2.20. The number of anilines is 1. The number of rotatable bonds is 2. The number of carbonyl (C=O) groups is 3. The molecule has 4 N–H and O–H groups in total. The Labute approximate surface area is 138 Å². The smallest absolute Gasteiger partial charge is 0.412 e. The van der Waals surface area contributed by atoms with Gasteiger partial charge in [0.1, 0.15) is 5.71 Å². The van der Waals surface area contributed by atoms with E-state index in [1.807, 2.05) is 5.43 Å². The van der Waals surface area contributed by atoms with Gasteiger partial charge in [0.05, 0.1) is 11.3 Å². The number of nitrogens with one attached hydrogen (secondary N) is 1. The van der Waals surface area contributed by atoms with Gasteiger partial charge in [0.15, 0.2) is 0 Å². The van der Waals surface area contributed by atoms with Crippen molar-refractivity contribution in [3.8, 4) is 0 Å². The second-order valence-electron chi connectivity index (χ2n) is 6.17. The van der Waals surface area contributed by atoms with E-state index >= 15 is 0 Å². The van der Waals surface area contributed by atoms with Crippen LogP contribution in [0.2, 0.25) is 0 Å². The van der Waals surface area contributed by atoms with Gasteiger partial charge in [0.25, 0.3) is 0 Å². The molecule has 1 aromatic rings. The van der Waals surface area contributed by atoms with Crippen molar-refractivity contribution in [1.29, 1.82) is 0 Å². The molecule has 1 aromatic carbocycles. The molecule has 1 aliphatic carbocycles. The molecular formula is C16H18N4O4. The largest absolute Gasteiger partial charge is 0.465 e. The maximum absolute atomic E-state index is 12.7. The first kappa shape index (κ1) is 17.2. The third-order valence-corrected chi connectivity index (χ3v) is 3.34. The molecule has 0 aromatic heterocycles. The minimum Gasteiger partial charge on any atom is -0.465 e. The summed E-state index contributed by atoms with van der Waals surface area (Å²) in [7, 11) is 0. The zero-order valence-electron chi connectivity index (χ0n) is 13.5. The highest BCUT2D eigenvalue weighted by atomic mass is 16.4. The zero-order valence-corrected chi connectivity index (χ0v) is 13.5. The maximum atomic E-state index is 12.7. The molecule has 0 bridgehead atoms. The van der Waals surface area contributed by atoms with Crippen LogP contribution in [0.1, 0.15) is 36.7 Å². The van der Waals surface area contributed by atoms with Gasteiger partial charge in [-0.15, -0.1) is 0 Å². The van der Waals surface area contributed by atoms with Crippen LogP contribution in [0, 0.1) is 0 Å². The van der Waals surface area contributed by atoms with Crippen molar-refractivity contribution in [2.24, 2.45) is 10.8 Å². The summed E-state index contributed by atoms with van der Waals surface area (Å²) in [4.78, 5) is 36.3. The average Bonchev–Trinajstić information content (AvgIpc) is 2.44. The predicted molar refractivity (Wildman–Crippen MR) is 90.2 cm³/mol. The van der Waals surface area contributed by atoms with Crippen LogP contribution >= 0.6 is 0 Å². The molecule has 0 spiro atoms. The zero-order chi connectivity index (χ0) is 18.1. The van der Waals surface area contributed by atoms with Crippen LogP contribution < -0.4 is 16.1 Å². The second kappa shape index (κ2) is 6.15. The third kappa shape index (κ3) is 3.27. The number of carboxylic acid groups (broad SMARTS) is 1. The molecule has 3 amide bonds. The lowest BCUT2D eigenvalue weighted by molar-refractivity contribution is 0.106. The molecule has 0 heterocycles. The van der Waals surface area contributed by atoms with E-state index in [0.29, 0.717) is 5.56 Å². The van der Waals surface area contributed by atoms with E-state index < -0.39 is 23.4 Å². The van der Waals surface area contributed by atoms with Gasteiger partial charge in [-0.05, 0) is 38.5 Å². The van der Waals surface area contributed by atoms with Gasteiger partial charge >= 0.3 is 12.1 Å². The van der Waals surface area contributed by atoms with Crippen LogP contribution in [0.15, 0.2) is 29.4 Å². The summed E-state index contributed by atoms with van der Waals surface area (Å²) >= 11 is 0. The number of amides is 3. The number of fused-ring (bicyclic) bond motifs is 1. The highest BCUT2D eigenvalue weighted by molar-refractivity contribution is 6.53. The van der Waals surface area contributed by atoms with Gasteiger partial charge in [0, 0.05) is 5.54 Å². The van der Waals surface area contributed by atoms with E-state index in [4.69, 9.17) is 5.73 Å². The lowest BCUT2D eigenvalue weighted by Crippen LogP contribution is -2.46. The highest BCUT2D eigenvalue weighted by Gasteiger charge is 2.33. The summed E-state index contributed by atoms with van der Waals surface area (Å²) in [6, 6.07) is 4.05. The molecule has 0 saturated carbocycles. The fourth-order valence-electron chi connectivity index (χ4n) is 2.46. The van der Waals surface area contributed by atoms with Crippen molar-refractivity contribution in [2.45, 2.75) is 26.3 Å². The van der Waals surface area contributed by atoms with E-state index in [9.17, 15) is 19.5 Å². The summed E-state index contributed by atoms with van der Waals surface area (Å²) in [5.74, 6) is -0.493. The number of primary amides is 1. The minimum atomic E-state index is -1.17. The van der Waals surface area contributed by atoms with Gasteiger partial charge in [-0.1, -0.05) is 18.2 Å². The number of urea groups is 1. The quantitative estimate of drug-likeness (QED) is 0.719. The number of carbonyl (C=O) groups excluding carboxylic acids is 2. The van der Waals surface area contributed by atoms with Crippen LogP contribution in [-0.2, 0) is 0 Å². The minimum absolute atomic E-state index is 0.0343. The molecule has 24 heavy (non-hydrogen) atoms. The van der Waals surface area contributed by atoms with Crippen LogP contribution in [0.5, 0.6) is 0 Å². The number of hydrogen-bond donors (Lipinski definition) is 3. The van der Waals surface area contributed by atoms with Crippen molar-refractivity contribution in [3.05, 3.63) is 35.4 Å². The maximum Gasteiger partial charge on any atom is 0.412 e. The number of Topliss-reactive ketones (excluding diaryl/α,β-unsaturated/α-hetero) is 1. The van der Waals surface area contributed by atoms with Crippen molar-refractivity contribution in [2.75, 3.05) is 4.90 Å². The van der Waals surface area contributed by atoms with Gasteiger partial charge in [-0.3, -0.25) is 9.69 Å².